The number of rotatable bonds is 5. The highest BCUT2D eigenvalue weighted by atomic mass is 32.2. The summed E-state index contributed by atoms with van der Waals surface area (Å²) >= 11 is 0. The summed E-state index contributed by atoms with van der Waals surface area (Å²) in [6.45, 7) is 4.94. The maximum absolute atomic E-state index is 12.8. The lowest BCUT2D eigenvalue weighted by atomic mass is 9.94. The Bertz CT molecular complexity index is 1090. The number of fused-ring (bicyclic) bond motifs is 1. The van der Waals surface area contributed by atoms with Gasteiger partial charge in [-0.2, -0.15) is 0 Å². The Labute approximate surface area is 182 Å². The molecule has 2 aliphatic rings. The lowest BCUT2D eigenvalue weighted by molar-refractivity contribution is 0.0897. The zero-order valence-corrected chi connectivity index (χ0v) is 18.8. The molecule has 2 aromatic rings. The summed E-state index contributed by atoms with van der Waals surface area (Å²) in [5, 5.41) is 3.06. The fraction of sp³-hybridized carbons (Fsp3) is 0.478. The molecule has 7 nitrogen and oxygen atoms in total. The second-order valence-corrected chi connectivity index (χ2v) is 10.5. The molecule has 166 valence electrons. The number of sulfone groups is 1. The largest absolute Gasteiger partial charge is 0.455 e. The van der Waals surface area contributed by atoms with Gasteiger partial charge < -0.3 is 14.6 Å². The van der Waals surface area contributed by atoms with Crippen molar-refractivity contribution in [3.63, 3.8) is 0 Å². The summed E-state index contributed by atoms with van der Waals surface area (Å²) in [5.41, 5.74) is 2.23. The average Bonchev–Trinajstić information content (AvgIpc) is 3.12. The van der Waals surface area contributed by atoms with Gasteiger partial charge in [0.05, 0.1) is 16.2 Å². The lowest BCUT2D eigenvalue weighted by Crippen LogP contribution is -2.44. The van der Waals surface area contributed by atoms with Gasteiger partial charge in [-0.15, -0.1) is 0 Å². The van der Waals surface area contributed by atoms with Crippen molar-refractivity contribution in [3.8, 4) is 0 Å². The molecule has 0 bridgehead atoms. The van der Waals surface area contributed by atoms with Crippen molar-refractivity contribution < 1.29 is 22.4 Å². The Morgan fingerprint density at radius 1 is 1.16 bits per heavy atom. The van der Waals surface area contributed by atoms with Crippen LogP contribution in [-0.4, -0.2) is 45.0 Å². The van der Waals surface area contributed by atoms with E-state index in [1.165, 1.54) is 0 Å². The highest BCUT2D eigenvalue weighted by Crippen LogP contribution is 2.29. The Morgan fingerprint density at radius 2 is 1.84 bits per heavy atom. The Morgan fingerprint density at radius 3 is 2.45 bits per heavy atom. The number of nitrogens with zero attached hydrogens (tertiary/aromatic N) is 1. The summed E-state index contributed by atoms with van der Waals surface area (Å²) in [4.78, 5) is 27.5. The molecular weight excluding hydrogens is 416 g/mol. The van der Waals surface area contributed by atoms with Crippen LogP contribution in [0.3, 0.4) is 0 Å². The third-order valence-corrected chi connectivity index (χ3v) is 8.03. The highest BCUT2D eigenvalue weighted by Gasteiger charge is 2.30. The quantitative estimate of drug-likeness (QED) is 0.760. The summed E-state index contributed by atoms with van der Waals surface area (Å²) in [6, 6.07) is 7.03. The molecule has 1 N–H and O–H groups in total. The van der Waals surface area contributed by atoms with Crippen LogP contribution < -0.4 is 10.2 Å². The number of piperidine rings is 1. The Hall–Kier alpha value is -2.61. The number of Topliss-reactive ketones (excluding diaryl/α,β-unsaturated/α-hetero) is 1. The van der Waals surface area contributed by atoms with Gasteiger partial charge in [-0.25, -0.2) is 8.42 Å². The fourth-order valence-corrected chi connectivity index (χ4v) is 5.31. The summed E-state index contributed by atoms with van der Waals surface area (Å²) in [6.07, 6.45) is 3.53. The third kappa shape index (κ3) is 4.26. The van der Waals surface area contributed by atoms with E-state index < -0.39 is 9.84 Å². The molecule has 0 saturated carbocycles. The second-order valence-electron chi connectivity index (χ2n) is 8.26. The predicted molar refractivity (Wildman–Crippen MR) is 118 cm³/mol. The molecule has 0 atom stereocenters. The van der Waals surface area contributed by atoms with Crippen molar-refractivity contribution in [1.29, 1.82) is 0 Å². The average molecular weight is 445 g/mol. The van der Waals surface area contributed by atoms with Gasteiger partial charge in [0, 0.05) is 43.2 Å². The topological polar surface area (TPSA) is 96.7 Å². The number of aryl methyl sites for hydroxylation is 1. The zero-order chi connectivity index (χ0) is 22.2. The zero-order valence-electron chi connectivity index (χ0n) is 17.9. The first-order valence-corrected chi connectivity index (χ1v) is 12.5. The molecule has 1 fully saturated rings. The standard InChI is InChI=1S/C23H28N2O5S/c1-3-31(28,29)18-9-7-17(8-10-18)25-13-11-16(12-14-25)24-23(27)22-15(2)21-19(26)5-4-6-20(21)30-22/h7-10,16H,3-6,11-14H2,1-2H3,(H,24,27). The Balaban J connectivity index is 1.37. The van der Waals surface area contributed by atoms with Gasteiger partial charge in [-0.1, -0.05) is 6.92 Å². The van der Waals surface area contributed by atoms with Crippen LogP contribution in [0, 0.1) is 6.92 Å². The van der Waals surface area contributed by atoms with Crippen LogP contribution in [0.2, 0.25) is 0 Å². The van der Waals surface area contributed by atoms with Crippen LogP contribution in [-0.2, 0) is 16.3 Å². The number of ketones is 1. The number of hydrogen-bond donors (Lipinski definition) is 1. The van der Waals surface area contributed by atoms with E-state index in [0.717, 1.165) is 38.0 Å². The molecule has 31 heavy (non-hydrogen) atoms. The maximum atomic E-state index is 12.8. The van der Waals surface area contributed by atoms with E-state index in [4.69, 9.17) is 4.42 Å². The molecule has 0 spiro atoms. The summed E-state index contributed by atoms with van der Waals surface area (Å²) in [7, 11) is -3.20. The fourth-order valence-electron chi connectivity index (χ4n) is 4.43. The highest BCUT2D eigenvalue weighted by molar-refractivity contribution is 7.91. The number of anilines is 1. The number of amides is 1. The van der Waals surface area contributed by atoms with Gasteiger partial charge in [0.1, 0.15) is 5.76 Å². The first kappa shape index (κ1) is 21.6. The SMILES string of the molecule is CCS(=O)(=O)c1ccc(N2CCC(NC(=O)c3oc4c(c3C)C(=O)CCC4)CC2)cc1. The molecule has 1 aromatic carbocycles. The molecule has 1 aromatic heterocycles. The minimum atomic E-state index is -3.20. The van der Waals surface area contributed by atoms with Crippen LogP contribution in [0.5, 0.6) is 0 Å². The molecule has 0 unspecified atom stereocenters. The van der Waals surface area contributed by atoms with E-state index in [2.05, 4.69) is 10.2 Å². The second kappa shape index (κ2) is 8.49. The van der Waals surface area contributed by atoms with Crippen molar-refractivity contribution in [2.75, 3.05) is 23.7 Å². The number of hydrogen-bond acceptors (Lipinski definition) is 6. The van der Waals surface area contributed by atoms with Crippen molar-refractivity contribution in [3.05, 3.63) is 46.9 Å². The Kier molecular flexibility index (Phi) is 5.92. The molecule has 1 aliphatic heterocycles. The third-order valence-electron chi connectivity index (χ3n) is 6.28. The van der Waals surface area contributed by atoms with E-state index in [-0.39, 0.29) is 29.2 Å². The first-order valence-electron chi connectivity index (χ1n) is 10.8. The molecule has 1 aliphatic carbocycles. The van der Waals surface area contributed by atoms with Crippen molar-refractivity contribution in [2.24, 2.45) is 0 Å². The molecule has 2 heterocycles. The van der Waals surface area contributed by atoms with Crippen molar-refractivity contribution >= 4 is 27.2 Å². The van der Waals surface area contributed by atoms with Crippen molar-refractivity contribution in [1.82, 2.24) is 5.32 Å². The minimum Gasteiger partial charge on any atom is -0.455 e. The van der Waals surface area contributed by atoms with Gasteiger partial charge >= 0.3 is 0 Å². The maximum Gasteiger partial charge on any atom is 0.287 e. The molecule has 4 rings (SSSR count). The summed E-state index contributed by atoms with van der Waals surface area (Å²) in [5.74, 6) is 0.793. The van der Waals surface area contributed by atoms with E-state index in [9.17, 15) is 18.0 Å². The van der Waals surface area contributed by atoms with E-state index in [1.807, 2.05) is 12.1 Å². The molecule has 8 heteroatoms. The van der Waals surface area contributed by atoms with Crippen LogP contribution in [0.1, 0.15) is 64.8 Å². The number of benzene rings is 1. The number of nitrogens with one attached hydrogen (secondary N) is 1. The number of carbonyl (C=O) groups is 2. The number of furan rings is 1. The van der Waals surface area contributed by atoms with Crippen LogP contribution in [0.15, 0.2) is 33.6 Å². The van der Waals surface area contributed by atoms with Gasteiger partial charge in [0.25, 0.3) is 5.91 Å². The molecule has 1 amide bonds. The van der Waals surface area contributed by atoms with Gasteiger partial charge in [-0.05, 0) is 50.5 Å². The normalized spacial score (nSPS) is 17.5. The lowest BCUT2D eigenvalue weighted by Gasteiger charge is -2.34. The van der Waals surface area contributed by atoms with Crippen LogP contribution in [0.25, 0.3) is 0 Å². The predicted octanol–water partition coefficient (Wildman–Crippen LogP) is 3.30. The van der Waals surface area contributed by atoms with Crippen LogP contribution >= 0.6 is 0 Å². The molecule has 1 saturated heterocycles. The summed E-state index contributed by atoms with van der Waals surface area (Å²) < 4.78 is 29.7. The van der Waals surface area contributed by atoms with E-state index in [1.54, 1.807) is 26.0 Å². The number of carbonyl (C=O) groups excluding carboxylic acids is 2. The van der Waals surface area contributed by atoms with Crippen molar-refractivity contribution in [2.45, 2.75) is 56.9 Å². The molecular formula is C23H28N2O5S. The van der Waals surface area contributed by atoms with Gasteiger partial charge in [0.15, 0.2) is 21.4 Å². The van der Waals surface area contributed by atoms with Crippen LogP contribution in [0.4, 0.5) is 5.69 Å². The van der Waals surface area contributed by atoms with E-state index >= 15 is 0 Å². The first-order chi connectivity index (χ1) is 14.8. The smallest absolute Gasteiger partial charge is 0.287 e. The van der Waals surface area contributed by atoms with E-state index in [0.29, 0.717) is 34.6 Å². The van der Waals surface area contributed by atoms with Gasteiger partial charge in [0.2, 0.25) is 0 Å². The van der Waals surface area contributed by atoms with Gasteiger partial charge in [-0.3, -0.25) is 9.59 Å². The minimum absolute atomic E-state index is 0.0284. The molecule has 0 radical (unpaired) electrons. The monoisotopic (exact) mass is 444 g/mol.